The number of amides is 1. The summed E-state index contributed by atoms with van der Waals surface area (Å²) in [6.07, 6.45) is 1.79. The van der Waals surface area contributed by atoms with Crippen molar-refractivity contribution in [1.82, 2.24) is 0 Å². The number of carbonyl (C=O) groups excluding carboxylic acids is 2. The largest absolute Gasteiger partial charge is 0.506 e. The quantitative estimate of drug-likeness (QED) is 0.551. The minimum Gasteiger partial charge on any atom is -0.506 e. The predicted octanol–water partition coefficient (Wildman–Crippen LogP) is 5.54. The normalized spacial score (nSPS) is 16.3. The van der Waals surface area contributed by atoms with Crippen molar-refractivity contribution in [3.63, 3.8) is 0 Å². The molecule has 0 unspecified atom stereocenters. The molecule has 3 aromatic rings. The van der Waals surface area contributed by atoms with E-state index in [1.165, 1.54) is 0 Å². The average Bonchev–Trinajstić information content (AvgIpc) is 3.09. The lowest BCUT2D eigenvalue weighted by Gasteiger charge is -2.03. The van der Waals surface area contributed by atoms with Gasteiger partial charge in [-0.2, -0.15) is 0 Å². The molecular formula is C25H19NO4S. The zero-order valence-electron chi connectivity index (χ0n) is 16.7. The van der Waals surface area contributed by atoms with Crippen LogP contribution >= 0.6 is 11.8 Å². The van der Waals surface area contributed by atoms with Crippen LogP contribution in [-0.2, 0) is 9.53 Å². The van der Waals surface area contributed by atoms with Crippen LogP contribution in [0.1, 0.15) is 22.8 Å². The second-order valence-corrected chi connectivity index (χ2v) is 7.74. The van der Waals surface area contributed by atoms with Gasteiger partial charge in [0.2, 0.25) is 0 Å². The van der Waals surface area contributed by atoms with Crippen LogP contribution in [0.5, 0.6) is 0 Å². The number of thioether (sulfide) groups is 1. The highest BCUT2D eigenvalue weighted by molar-refractivity contribution is 8.18. The standard InChI is InChI=1S/C25H19NO4S/c1-2-30-25(29)21-22(27)20(15-18-13-8-12-16-9-6-7-14-19(16)18)31-24(21)26-23(28)17-10-4-3-5-11-17/h3-15,27H,2H2,1H3/b20-15-,26-24?. The van der Waals surface area contributed by atoms with Crippen molar-refractivity contribution < 1.29 is 19.4 Å². The van der Waals surface area contributed by atoms with Crippen LogP contribution in [0.4, 0.5) is 0 Å². The fourth-order valence-corrected chi connectivity index (χ4v) is 4.25. The molecule has 0 saturated carbocycles. The summed E-state index contributed by atoms with van der Waals surface area (Å²) in [4.78, 5) is 29.7. The lowest BCUT2D eigenvalue weighted by atomic mass is 10.0. The Labute approximate surface area is 183 Å². The first-order valence-corrected chi connectivity index (χ1v) is 10.6. The lowest BCUT2D eigenvalue weighted by molar-refractivity contribution is -0.138. The molecule has 1 amide bonds. The zero-order valence-corrected chi connectivity index (χ0v) is 17.6. The molecule has 0 radical (unpaired) electrons. The molecule has 154 valence electrons. The average molecular weight is 429 g/mol. The van der Waals surface area contributed by atoms with E-state index in [-0.39, 0.29) is 23.0 Å². The maximum absolute atomic E-state index is 12.6. The van der Waals surface area contributed by atoms with Gasteiger partial charge in [0.15, 0.2) is 0 Å². The summed E-state index contributed by atoms with van der Waals surface area (Å²) >= 11 is 1.07. The van der Waals surface area contributed by atoms with Crippen molar-refractivity contribution in [2.75, 3.05) is 6.61 Å². The summed E-state index contributed by atoms with van der Waals surface area (Å²) in [7, 11) is 0. The number of nitrogens with zero attached hydrogens (tertiary/aromatic N) is 1. The summed E-state index contributed by atoms with van der Waals surface area (Å²) in [5.41, 5.74) is 1.18. The molecule has 0 bridgehead atoms. The Balaban J connectivity index is 1.78. The van der Waals surface area contributed by atoms with Gasteiger partial charge in [0.05, 0.1) is 11.5 Å². The fourth-order valence-electron chi connectivity index (χ4n) is 3.25. The first kappa shape index (κ1) is 20.6. The highest BCUT2D eigenvalue weighted by Crippen LogP contribution is 2.40. The Morgan fingerprint density at radius 3 is 2.48 bits per heavy atom. The van der Waals surface area contributed by atoms with Gasteiger partial charge in [0.25, 0.3) is 5.91 Å². The SMILES string of the molecule is CCOC(=O)C1=C(O)/C(=C/c2cccc3ccccc23)SC1=NC(=O)c1ccccc1. The van der Waals surface area contributed by atoms with Gasteiger partial charge in [-0.3, -0.25) is 4.79 Å². The number of aliphatic imine (C=N–C) groups is 1. The number of hydrogen-bond donors (Lipinski definition) is 1. The fraction of sp³-hybridized carbons (Fsp3) is 0.0800. The molecule has 3 aromatic carbocycles. The van der Waals surface area contributed by atoms with Crippen molar-refractivity contribution in [1.29, 1.82) is 0 Å². The van der Waals surface area contributed by atoms with Crippen molar-refractivity contribution in [3.05, 3.63) is 100 Å². The number of fused-ring (bicyclic) bond motifs is 1. The number of esters is 1. The molecule has 1 aliphatic rings. The molecule has 4 rings (SSSR count). The van der Waals surface area contributed by atoms with E-state index in [1.807, 2.05) is 42.5 Å². The van der Waals surface area contributed by atoms with E-state index in [9.17, 15) is 14.7 Å². The van der Waals surface area contributed by atoms with Gasteiger partial charge in [-0.1, -0.05) is 72.4 Å². The third-order valence-corrected chi connectivity index (χ3v) is 5.72. The van der Waals surface area contributed by atoms with Crippen LogP contribution in [0.25, 0.3) is 16.8 Å². The molecule has 31 heavy (non-hydrogen) atoms. The van der Waals surface area contributed by atoms with Crippen LogP contribution in [0.15, 0.2) is 94.0 Å². The van der Waals surface area contributed by atoms with Crippen LogP contribution in [-0.4, -0.2) is 28.6 Å². The maximum atomic E-state index is 12.6. The van der Waals surface area contributed by atoms with E-state index in [1.54, 1.807) is 43.3 Å². The van der Waals surface area contributed by atoms with Gasteiger partial charge in [0, 0.05) is 5.56 Å². The lowest BCUT2D eigenvalue weighted by Crippen LogP contribution is -2.14. The number of ether oxygens (including phenoxy) is 1. The summed E-state index contributed by atoms with van der Waals surface area (Å²) in [6.45, 7) is 1.82. The van der Waals surface area contributed by atoms with Crippen molar-refractivity contribution >= 4 is 45.5 Å². The monoisotopic (exact) mass is 429 g/mol. The topological polar surface area (TPSA) is 76.0 Å². The van der Waals surface area contributed by atoms with Crippen molar-refractivity contribution in [3.8, 4) is 0 Å². The molecule has 1 heterocycles. The van der Waals surface area contributed by atoms with Crippen LogP contribution < -0.4 is 0 Å². The van der Waals surface area contributed by atoms with Crippen LogP contribution in [0, 0.1) is 0 Å². The minimum absolute atomic E-state index is 0.0948. The molecule has 5 nitrogen and oxygen atoms in total. The summed E-state index contributed by atoms with van der Waals surface area (Å²) in [5.74, 6) is -1.45. The smallest absolute Gasteiger partial charge is 0.344 e. The Morgan fingerprint density at radius 1 is 1.00 bits per heavy atom. The Hall–Kier alpha value is -3.64. The van der Waals surface area contributed by atoms with Gasteiger partial charge in [-0.05, 0) is 41.5 Å². The maximum Gasteiger partial charge on any atom is 0.344 e. The van der Waals surface area contributed by atoms with Gasteiger partial charge >= 0.3 is 5.97 Å². The number of benzene rings is 3. The van der Waals surface area contributed by atoms with E-state index in [0.29, 0.717) is 10.5 Å². The Kier molecular flexibility index (Phi) is 6.00. The number of rotatable bonds is 4. The highest BCUT2D eigenvalue weighted by Gasteiger charge is 2.34. The third-order valence-electron chi connectivity index (χ3n) is 4.70. The Morgan fingerprint density at radius 2 is 1.71 bits per heavy atom. The predicted molar refractivity (Wildman–Crippen MR) is 124 cm³/mol. The first-order chi connectivity index (χ1) is 15.1. The number of aliphatic hydroxyl groups excluding tert-OH is 1. The second-order valence-electron chi connectivity index (χ2n) is 6.71. The second kappa shape index (κ2) is 9.02. The van der Waals surface area contributed by atoms with E-state index >= 15 is 0 Å². The summed E-state index contributed by atoms with van der Waals surface area (Å²) in [5, 5.41) is 13.0. The molecule has 0 fully saturated rings. The molecule has 0 aromatic heterocycles. The number of carbonyl (C=O) groups is 2. The van der Waals surface area contributed by atoms with Gasteiger partial charge in [-0.15, -0.1) is 0 Å². The van der Waals surface area contributed by atoms with Gasteiger partial charge in [0.1, 0.15) is 16.4 Å². The molecule has 6 heteroatoms. The summed E-state index contributed by atoms with van der Waals surface area (Å²) < 4.78 is 5.09. The van der Waals surface area contributed by atoms with Crippen LogP contribution in [0.3, 0.4) is 0 Å². The third kappa shape index (κ3) is 4.29. The Bertz CT molecular complexity index is 1250. The molecule has 0 spiro atoms. The molecule has 1 N–H and O–H groups in total. The van der Waals surface area contributed by atoms with Gasteiger partial charge in [-0.25, -0.2) is 9.79 Å². The van der Waals surface area contributed by atoms with E-state index in [4.69, 9.17) is 4.74 Å². The molecule has 0 saturated heterocycles. The highest BCUT2D eigenvalue weighted by atomic mass is 32.2. The number of hydrogen-bond acceptors (Lipinski definition) is 5. The molecule has 0 aliphatic carbocycles. The molecular weight excluding hydrogens is 410 g/mol. The van der Waals surface area contributed by atoms with Crippen LogP contribution in [0.2, 0.25) is 0 Å². The van der Waals surface area contributed by atoms with E-state index in [0.717, 1.165) is 28.1 Å². The number of aliphatic hydroxyl groups is 1. The summed E-state index contributed by atoms with van der Waals surface area (Å²) in [6, 6.07) is 22.3. The molecule has 1 aliphatic heterocycles. The first-order valence-electron chi connectivity index (χ1n) is 9.75. The van der Waals surface area contributed by atoms with Crippen molar-refractivity contribution in [2.24, 2.45) is 4.99 Å². The van der Waals surface area contributed by atoms with E-state index in [2.05, 4.69) is 4.99 Å². The molecule has 0 atom stereocenters. The van der Waals surface area contributed by atoms with Crippen molar-refractivity contribution in [2.45, 2.75) is 6.92 Å². The van der Waals surface area contributed by atoms with Gasteiger partial charge < -0.3 is 9.84 Å². The zero-order chi connectivity index (χ0) is 21.8. The minimum atomic E-state index is -0.714. The van der Waals surface area contributed by atoms with E-state index < -0.39 is 11.9 Å².